The van der Waals surface area contributed by atoms with E-state index in [0.29, 0.717) is 5.41 Å². The Bertz CT molecular complexity index is 269. The molecule has 106 valence electrons. The van der Waals surface area contributed by atoms with Gasteiger partial charge in [-0.2, -0.15) is 0 Å². The number of hydrogen-bond donors (Lipinski definition) is 0. The Morgan fingerprint density at radius 2 is 1.83 bits per heavy atom. The highest BCUT2D eigenvalue weighted by Crippen LogP contribution is 2.57. The molecule has 2 saturated carbocycles. The molecular formula is C18H34. The van der Waals surface area contributed by atoms with E-state index in [1.807, 2.05) is 0 Å². The Morgan fingerprint density at radius 3 is 2.50 bits per heavy atom. The van der Waals surface area contributed by atoms with Gasteiger partial charge in [-0.25, -0.2) is 0 Å². The van der Waals surface area contributed by atoms with Crippen LogP contribution in [0.1, 0.15) is 79.6 Å². The van der Waals surface area contributed by atoms with Crippen LogP contribution in [-0.4, -0.2) is 0 Å². The second-order valence-electron chi connectivity index (χ2n) is 7.72. The third-order valence-electron chi connectivity index (χ3n) is 7.20. The lowest BCUT2D eigenvalue weighted by atomic mass is 9.51. The van der Waals surface area contributed by atoms with Crippen molar-refractivity contribution in [3.8, 4) is 0 Å². The van der Waals surface area contributed by atoms with Gasteiger partial charge in [0.25, 0.3) is 0 Å². The summed E-state index contributed by atoms with van der Waals surface area (Å²) in [5.41, 5.74) is 0.670. The predicted octanol–water partition coefficient (Wildman–Crippen LogP) is 5.91. The van der Waals surface area contributed by atoms with Crippen molar-refractivity contribution in [3.05, 3.63) is 0 Å². The van der Waals surface area contributed by atoms with E-state index in [9.17, 15) is 0 Å². The lowest BCUT2D eigenvalue weighted by Crippen LogP contribution is -2.46. The molecule has 6 atom stereocenters. The minimum absolute atomic E-state index is 0.670. The van der Waals surface area contributed by atoms with E-state index in [2.05, 4.69) is 34.6 Å². The molecule has 2 aliphatic rings. The molecule has 0 aromatic rings. The first-order valence-electron chi connectivity index (χ1n) is 8.50. The largest absolute Gasteiger partial charge is 0.0651 e. The van der Waals surface area contributed by atoms with Crippen molar-refractivity contribution in [1.29, 1.82) is 0 Å². The van der Waals surface area contributed by atoms with Gasteiger partial charge in [-0.15, -0.1) is 0 Å². The maximum absolute atomic E-state index is 2.62. The predicted molar refractivity (Wildman–Crippen MR) is 80.6 cm³/mol. The molecule has 0 nitrogen and oxygen atoms in total. The molecule has 0 amide bonds. The minimum atomic E-state index is 0.670. The maximum atomic E-state index is 2.62. The molecular weight excluding hydrogens is 216 g/mol. The monoisotopic (exact) mass is 250 g/mol. The van der Waals surface area contributed by atoms with Crippen molar-refractivity contribution in [2.45, 2.75) is 79.6 Å². The molecule has 0 heteroatoms. The highest BCUT2D eigenvalue weighted by molar-refractivity contribution is 4.97. The van der Waals surface area contributed by atoms with Crippen molar-refractivity contribution in [3.63, 3.8) is 0 Å². The normalized spacial score (nSPS) is 44.2. The Labute approximate surface area is 115 Å². The van der Waals surface area contributed by atoms with Gasteiger partial charge < -0.3 is 0 Å². The summed E-state index contributed by atoms with van der Waals surface area (Å²) < 4.78 is 0. The van der Waals surface area contributed by atoms with Gasteiger partial charge in [0.05, 0.1) is 0 Å². The Morgan fingerprint density at radius 1 is 1.11 bits per heavy atom. The Hall–Kier alpha value is 0. The standard InChI is InChI=1S/C18H34/c1-6-13(2)14(3)17-11-10-16-9-7-8-12-18(16,5)15(17)4/h13-17H,6-12H2,1-5H3. The Kier molecular flexibility index (Phi) is 4.44. The SMILES string of the molecule is CCC(C)C(C)C1CCC2CCCCC2(C)C1C. The van der Waals surface area contributed by atoms with E-state index in [0.717, 1.165) is 29.6 Å². The van der Waals surface area contributed by atoms with E-state index in [1.54, 1.807) is 0 Å². The molecule has 0 aliphatic heterocycles. The fraction of sp³-hybridized carbons (Fsp3) is 1.00. The van der Waals surface area contributed by atoms with E-state index in [1.165, 1.54) is 44.9 Å². The summed E-state index contributed by atoms with van der Waals surface area (Å²) in [7, 11) is 0. The number of hydrogen-bond acceptors (Lipinski definition) is 0. The van der Waals surface area contributed by atoms with E-state index < -0.39 is 0 Å². The van der Waals surface area contributed by atoms with E-state index in [4.69, 9.17) is 0 Å². The number of fused-ring (bicyclic) bond motifs is 1. The van der Waals surface area contributed by atoms with Crippen molar-refractivity contribution < 1.29 is 0 Å². The van der Waals surface area contributed by atoms with Gasteiger partial charge in [0.15, 0.2) is 0 Å². The molecule has 0 N–H and O–H groups in total. The summed E-state index contributed by atoms with van der Waals surface area (Å²) in [6, 6.07) is 0. The van der Waals surface area contributed by atoms with Crippen LogP contribution in [0.4, 0.5) is 0 Å². The van der Waals surface area contributed by atoms with Crippen LogP contribution in [0.5, 0.6) is 0 Å². The summed E-state index contributed by atoms with van der Waals surface area (Å²) in [6.07, 6.45) is 10.4. The van der Waals surface area contributed by atoms with Crippen LogP contribution >= 0.6 is 0 Å². The molecule has 18 heavy (non-hydrogen) atoms. The summed E-state index contributed by atoms with van der Waals surface area (Å²) in [4.78, 5) is 0. The van der Waals surface area contributed by atoms with Crippen LogP contribution < -0.4 is 0 Å². The molecule has 0 heterocycles. The lowest BCUT2D eigenvalue weighted by molar-refractivity contribution is -0.0490. The fourth-order valence-corrected chi connectivity index (χ4v) is 5.15. The molecule has 2 aliphatic carbocycles. The molecule has 0 aromatic carbocycles. The first-order chi connectivity index (χ1) is 8.50. The zero-order valence-corrected chi connectivity index (χ0v) is 13.3. The highest BCUT2D eigenvalue weighted by Gasteiger charge is 2.48. The van der Waals surface area contributed by atoms with Gasteiger partial charge in [-0.1, -0.05) is 53.9 Å². The average molecular weight is 250 g/mol. The van der Waals surface area contributed by atoms with Crippen LogP contribution in [-0.2, 0) is 0 Å². The Balaban J connectivity index is 2.11. The molecule has 0 spiro atoms. The van der Waals surface area contributed by atoms with Crippen molar-refractivity contribution in [2.24, 2.45) is 35.0 Å². The molecule has 0 radical (unpaired) electrons. The van der Waals surface area contributed by atoms with Gasteiger partial charge in [-0.05, 0) is 60.7 Å². The zero-order chi connectivity index (χ0) is 13.3. The lowest BCUT2D eigenvalue weighted by Gasteiger charge is -2.54. The molecule has 0 aromatic heterocycles. The van der Waals surface area contributed by atoms with Gasteiger partial charge in [0.2, 0.25) is 0 Å². The van der Waals surface area contributed by atoms with Crippen LogP contribution in [0.15, 0.2) is 0 Å². The molecule has 0 bridgehead atoms. The van der Waals surface area contributed by atoms with Crippen molar-refractivity contribution >= 4 is 0 Å². The van der Waals surface area contributed by atoms with Crippen LogP contribution in [0.25, 0.3) is 0 Å². The summed E-state index contributed by atoms with van der Waals surface area (Å²) in [5, 5.41) is 0. The average Bonchev–Trinajstić information content (AvgIpc) is 2.38. The van der Waals surface area contributed by atoms with Gasteiger partial charge in [0, 0.05) is 0 Å². The van der Waals surface area contributed by atoms with E-state index >= 15 is 0 Å². The zero-order valence-electron chi connectivity index (χ0n) is 13.3. The second-order valence-corrected chi connectivity index (χ2v) is 7.72. The van der Waals surface area contributed by atoms with Gasteiger partial charge in [0.1, 0.15) is 0 Å². The van der Waals surface area contributed by atoms with Gasteiger partial charge in [-0.3, -0.25) is 0 Å². The first kappa shape index (κ1) is 14.4. The van der Waals surface area contributed by atoms with Crippen LogP contribution in [0.3, 0.4) is 0 Å². The second kappa shape index (κ2) is 5.55. The molecule has 2 rings (SSSR count). The first-order valence-corrected chi connectivity index (χ1v) is 8.50. The summed E-state index contributed by atoms with van der Waals surface area (Å²) in [6.45, 7) is 12.6. The smallest absolute Gasteiger partial charge is 0.0269 e. The van der Waals surface area contributed by atoms with Crippen molar-refractivity contribution in [2.75, 3.05) is 0 Å². The topological polar surface area (TPSA) is 0 Å². The van der Waals surface area contributed by atoms with Crippen molar-refractivity contribution in [1.82, 2.24) is 0 Å². The third-order valence-corrected chi connectivity index (χ3v) is 7.20. The molecule has 6 unspecified atom stereocenters. The van der Waals surface area contributed by atoms with E-state index in [-0.39, 0.29) is 0 Å². The fourth-order valence-electron chi connectivity index (χ4n) is 5.15. The number of rotatable bonds is 3. The van der Waals surface area contributed by atoms with Crippen LogP contribution in [0.2, 0.25) is 0 Å². The maximum Gasteiger partial charge on any atom is -0.0269 e. The molecule has 2 fully saturated rings. The highest BCUT2D eigenvalue weighted by atomic mass is 14.5. The summed E-state index contributed by atoms with van der Waals surface area (Å²) in [5.74, 6) is 4.80. The molecule has 0 saturated heterocycles. The van der Waals surface area contributed by atoms with Crippen LogP contribution in [0, 0.1) is 35.0 Å². The summed E-state index contributed by atoms with van der Waals surface area (Å²) >= 11 is 0. The quantitative estimate of drug-likeness (QED) is 0.584. The van der Waals surface area contributed by atoms with Gasteiger partial charge >= 0.3 is 0 Å². The minimum Gasteiger partial charge on any atom is -0.0651 e. The third kappa shape index (κ3) is 2.37.